The summed E-state index contributed by atoms with van der Waals surface area (Å²) in [7, 11) is 0. The SMILES string of the molecule is CCOc1cccc(-c2nc(CNC(CC)c3ccccc3)co2)c1. The van der Waals surface area contributed by atoms with Crippen LogP contribution in [0.4, 0.5) is 0 Å². The summed E-state index contributed by atoms with van der Waals surface area (Å²) in [6, 6.07) is 18.6. The third-order valence-corrected chi connectivity index (χ3v) is 4.08. The Kier molecular flexibility index (Phi) is 5.86. The van der Waals surface area contributed by atoms with Crippen LogP contribution in [0.5, 0.6) is 5.75 Å². The Morgan fingerprint density at radius 1 is 1.08 bits per heavy atom. The average Bonchev–Trinajstić information content (AvgIpc) is 3.13. The molecule has 0 aliphatic carbocycles. The summed E-state index contributed by atoms with van der Waals surface area (Å²) in [5.41, 5.74) is 3.11. The van der Waals surface area contributed by atoms with Crippen molar-refractivity contribution in [1.29, 1.82) is 0 Å². The minimum Gasteiger partial charge on any atom is -0.494 e. The molecule has 0 bridgehead atoms. The van der Waals surface area contributed by atoms with Gasteiger partial charge in [0.15, 0.2) is 0 Å². The lowest BCUT2D eigenvalue weighted by atomic mass is 10.0. The molecule has 1 N–H and O–H groups in total. The molecule has 0 saturated carbocycles. The van der Waals surface area contributed by atoms with E-state index >= 15 is 0 Å². The van der Waals surface area contributed by atoms with E-state index in [0.717, 1.165) is 23.4 Å². The molecule has 0 aliphatic heterocycles. The number of oxazole rings is 1. The number of nitrogens with zero attached hydrogens (tertiary/aromatic N) is 1. The smallest absolute Gasteiger partial charge is 0.226 e. The molecule has 3 rings (SSSR count). The van der Waals surface area contributed by atoms with Gasteiger partial charge in [-0.05, 0) is 37.1 Å². The van der Waals surface area contributed by atoms with E-state index in [2.05, 4.69) is 41.5 Å². The maximum Gasteiger partial charge on any atom is 0.226 e. The van der Waals surface area contributed by atoms with E-state index in [1.165, 1.54) is 5.56 Å². The van der Waals surface area contributed by atoms with E-state index in [4.69, 9.17) is 9.15 Å². The predicted molar refractivity (Wildman–Crippen MR) is 99.4 cm³/mol. The second-order valence-electron chi connectivity index (χ2n) is 5.86. The molecule has 25 heavy (non-hydrogen) atoms. The van der Waals surface area contributed by atoms with Crippen molar-refractivity contribution < 1.29 is 9.15 Å². The van der Waals surface area contributed by atoms with Crippen molar-refractivity contribution in [3.63, 3.8) is 0 Å². The van der Waals surface area contributed by atoms with Crippen molar-refractivity contribution in [3.8, 4) is 17.2 Å². The maximum absolute atomic E-state index is 5.65. The summed E-state index contributed by atoms with van der Waals surface area (Å²) in [5.74, 6) is 1.44. The first-order valence-corrected chi connectivity index (χ1v) is 8.76. The molecule has 3 aromatic rings. The molecule has 0 radical (unpaired) electrons. The van der Waals surface area contributed by atoms with Gasteiger partial charge in [-0.25, -0.2) is 4.98 Å². The van der Waals surface area contributed by atoms with Gasteiger partial charge in [0.25, 0.3) is 0 Å². The molecule has 1 heterocycles. The lowest BCUT2D eigenvalue weighted by Crippen LogP contribution is -2.20. The Labute approximate surface area is 148 Å². The van der Waals surface area contributed by atoms with Crippen LogP contribution in [0.25, 0.3) is 11.5 Å². The first-order chi connectivity index (χ1) is 12.3. The topological polar surface area (TPSA) is 47.3 Å². The molecule has 0 saturated heterocycles. The highest BCUT2D eigenvalue weighted by molar-refractivity contribution is 5.56. The molecule has 1 unspecified atom stereocenters. The summed E-state index contributed by atoms with van der Waals surface area (Å²) < 4.78 is 11.2. The van der Waals surface area contributed by atoms with Crippen LogP contribution in [0.2, 0.25) is 0 Å². The zero-order chi connectivity index (χ0) is 17.5. The van der Waals surface area contributed by atoms with E-state index in [9.17, 15) is 0 Å². The Morgan fingerprint density at radius 2 is 1.92 bits per heavy atom. The summed E-state index contributed by atoms with van der Waals surface area (Å²) in [4.78, 5) is 4.60. The molecular weight excluding hydrogens is 312 g/mol. The first kappa shape index (κ1) is 17.2. The van der Waals surface area contributed by atoms with Crippen LogP contribution in [-0.2, 0) is 6.54 Å². The number of aromatic nitrogens is 1. The van der Waals surface area contributed by atoms with Crippen molar-refractivity contribution in [2.75, 3.05) is 6.61 Å². The molecule has 0 aliphatic rings. The highest BCUT2D eigenvalue weighted by atomic mass is 16.5. The van der Waals surface area contributed by atoms with Gasteiger partial charge < -0.3 is 14.5 Å². The maximum atomic E-state index is 5.65. The van der Waals surface area contributed by atoms with Crippen molar-refractivity contribution in [2.24, 2.45) is 0 Å². The number of rotatable bonds is 8. The number of hydrogen-bond acceptors (Lipinski definition) is 4. The molecular formula is C21H24N2O2. The molecule has 4 nitrogen and oxygen atoms in total. The standard InChI is InChI=1S/C21H24N2O2/c1-3-20(16-9-6-5-7-10-16)22-14-18-15-25-21(23-18)17-11-8-12-19(13-17)24-4-2/h5-13,15,20,22H,3-4,14H2,1-2H3. The van der Waals surface area contributed by atoms with E-state index in [1.54, 1.807) is 6.26 Å². The van der Waals surface area contributed by atoms with Crippen LogP contribution in [-0.4, -0.2) is 11.6 Å². The van der Waals surface area contributed by atoms with Crippen LogP contribution in [0.15, 0.2) is 65.3 Å². The van der Waals surface area contributed by atoms with E-state index in [0.29, 0.717) is 25.1 Å². The molecule has 1 atom stereocenters. The van der Waals surface area contributed by atoms with E-state index in [1.807, 2.05) is 37.3 Å². The third-order valence-electron chi connectivity index (χ3n) is 4.08. The monoisotopic (exact) mass is 336 g/mol. The first-order valence-electron chi connectivity index (χ1n) is 8.76. The van der Waals surface area contributed by atoms with Gasteiger partial charge in [0.05, 0.1) is 12.3 Å². The Balaban J connectivity index is 1.66. The third kappa shape index (κ3) is 4.48. The van der Waals surface area contributed by atoms with Crippen LogP contribution in [0.3, 0.4) is 0 Å². The number of hydrogen-bond donors (Lipinski definition) is 1. The fourth-order valence-electron chi connectivity index (χ4n) is 2.82. The Bertz CT molecular complexity index is 783. The second kappa shape index (κ2) is 8.49. The van der Waals surface area contributed by atoms with E-state index < -0.39 is 0 Å². The van der Waals surface area contributed by atoms with Crippen LogP contribution < -0.4 is 10.1 Å². The fraction of sp³-hybridized carbons (Fsp3) is 0.286. The Hall–Kier alpha value is -2.59. The molecule has 2 aromatic carbocycles. The van der Waals surface area contributed by atoms with Crippen molar-refractivity contribution in [3.05, 3.63) is 72.1 Å². The summed E-state index contributed by atoms with van der Waals surface area (Å²) >= 11 is 0. The zero-order valence-corrected chi connectivity index (χ0v) is 14.7. The van der Waals surface area contributed by atoms with Gasteiger partial charge >= 0.3 is 0 Å². The number of nitrogens with one attached hydrogen (secondary N) is 1. The molecule has 130 valence electrons. The lowest BCUT2D eigenvalue weighted by molar-refractivity contribution is 0.340. The fourth-order valence-corrected chi connectivity index (χ4v) is 2.82. The highest BCUT2D eigenvalue weighted by Gasteiger charge is 2.11. The summed E-state index contributed by atoms with van der Waals surface area (Å²) in [6.45, 7) is 5.46. The van der Waals surface area contributed by atoms with Crippen molar-refractivity contribution in [1.82, 2.24) is 10.3 Å². The normalized spacial score (nSPS) is 12.1. The van der Waals surface area contributed by atoms with Crippen LogP contribution in [0.1, 0.15) is 37.6 Å². The highest BCUT2D eigenvalue weighted by Crippen LogP contribution is 2.24. The number of ether oxygens (including phenoxy) is 1. The zero-order valence-electron chi connectivity index (χ0n) is 14.7. The van der Waals surface area contributed by atoms with Crippen molar-refractivity contribution >= 4 is 0 Å². The molecule has 0 spiro atoms. The van der Waals surface area contributed by atoms with Crippen molar-refractivity contribution in [2.45, 2.75) is 32.9 Å². The molecule has 0 fully saturated rings. The Morgan fingerprint density at radius 3 is 2.68 bits per heavy atom. The molecule has 4 heteroatoms. The largest absolute Gasteiger partial charge is 0.494 e. The quantitative estimate of drug-likeness (QED) is 0.630. The predicted octanol–water partition coefficient (Wildman–Crippen LogP) is 4.98. The average molecular weight is 336 g/mol. The van der Waals surface area contributed by atoms with Crippen LogP contribution in [0, 0.1) is 0 Å². The number of benzene rings is 2. The van der Waals surface area contributed by atoms with Gasteiger partial charge in [0.2, 0.25) is 5.89 Å². The minimum absolute atomic E-state index is 0.308. The van der Waals surface area contributed by atoms with Gasteiger partial charge in [-0.1, -0.05) is 43.3 Å². The van der Waals surface area contributed by atoms with E-state index in [-0.39, 0.29) is 0 Å². The molecule has 0 amide bonds. The van der Waals surface area contributed by atoms with Gasteiger partial charge in [0, 0.05) is 18.2 Å². The summed E-state index contributed by atoms with van der Waals surface area (Å²) in [5, 5.41) is 3.55. The summed E-state index contributed by atoms with van der Waals surface area (Å²) in [6.07, 6.45) is 2.73. The minimum atomic E-state index is 0.308. The van der Waals surface area contributed by atoms with Gasteiger partial charge in [-0.3, -0.25) is 0 Å². The van der Waals surface area contributed by atoms with Crippen LogP contribution >= 0.6 is 0 Å². The molecule has 1 aromatic heterocycles. The van der Waals surface area contributed by atoms with Gasteiger partial charge in [0.1, 0.15) is 12.0 Å². The van der Waals surface area contributed by atoms with Gasteiger partial charge in [-0.2, -0.15) is 0 Å². The lowest BCUT2D eigenvalue weighted by Gasteiger charge is -2.16. The second-order valence-corrected chi connectivity index (χ2v) is 5.86. The van der Waals surface area contributed by atoms with Gasteiger partial charge in [-0.15, -0.1) is 0 Å².